The minimum absolute atomic E-state index is 0.00894. The molecule has 12 heteroatoms. The lowest BCUT2D eigenvalue weighted by Gasteiger charge is -2.16. The van der Waals surface area contributed by atoms with Crippen LogP contribution in [0.25, 0.3) is 11.3 Å². The molecule has 0 saturated carbocycles. The number of carbonyl (C=O) groups excluding carboxylic acids is 1. The maximum atomic E-state index is 13.2. The topological polar surface area (TPSA) is 146 Å². The fourth-order valence-electron chi connectivity index (χ4n) is 3.84. The van der Waals surface area contributed by atoms with Gasteiger partial charge in [0.1, 0.15) is 22.2 Å². The van der Waals surface area contributed by atoms with Crippen LogP contribution in [0, 0.1) is 20.8 Å². The lowest BCUT2D eigenvalue weighted by atomic mass is 10.1. The summed E-state index contributed by atoms with van der Waals surface area (Å²) in [5.41, 5.74) is 8.95. The van der Waals surface area contributed by atoms with Gasteiger partial charge in [-0.1, -0.05) is 35.4 Å². The number of benzene rings is 1. The first kappa shape index (κ1) is 26.8. The number of methoxy groups -OCH3 is 1. The van der Waals surface area contributed by atoms with Crippen LogP contribution in [0.5, 0.6) is 17.5 Å². The Morgan fingerprint density at radius 3 is 2.37 bits per heavy atom. The summed E-state index contributed by atoms with van der Waals surface area (Å²) < 4.78 is 39.0. The van der Waals surface area contributed by atoms with Gasteiger partial charge in [0.05, 0.1) is 12.8 Å². The number of amides is 1. The molecule has 0 radical (unpaired) electrons. The average Bonchev–Trinajstić information content (AvgIpc) is 2.86. The molecule has 38 heavy (non-hydrogen) atoms. The number of ether oxygens (including phenoxy) is 2. The molecular formula is C26H24ClN5O5S. The Hall–Kier alpha value is -4.22. The second-order valence-electron chi connectivity index (χ2n) is 8.40. The van der Waals surface area contributed by atoms with E-state index in [1.807, 2.05) is 37.6 Å². The fraction of sp³-hybridized carbons (Fsp3) is 0.154. The summed E-state index contributed by atoms with van der Waals surface area (Å²) in [6, 6.07) is 12.5. The summed E-state index contributed by atoms with van der Waals surface area (Å²) >= 11 is 6.45. The van der Waals surface area contributed by atoms with E-state index in [0.29, 0.717) is 17.0 Å². The van der Waals surface area contributed by atoms with Crippen LogP contribution in [0.1, 0.15) is 27.0 Å². The van der Waals surface area contributed by atoms with Gasteiger partial charge in [0.15, 0.2) is 5.03 Å². The Morgan fingerprint density at radius 2 is 1.71 bits per heavy atom. The molecule has 0 unspecified atom stereocenters. The molecule has 3 aromatic heterocycles. The normalized spacial score (nSPS) is 11.2. The third-order valence-electron chi connectivity index (χ3n) is 5.48. The van der Waals surface area contributed by atoms with Crippen LogP contribution in [-0.4, -0.2) is 36.4 Å². The number of hydrogen-bond donors (Lipinski definition) is 2. The maximum Gasteiger partial charge on any atom is 0.281 e. The minimum Gasteiger partial charge on any atom is -0.480 e. The summed E-state index contributed by atoms with van der Waals surface area (Å²) in [4.78, 5) is 25.6. The summed E-state index contributed by atoms with van der Waals surface area (Å²) in [6.45, 7) is 5.68. The SMILES string of the molecule is COc1nccc(-c2ccc(C(=O)NS(=O)(=O)c3cccc(N)n3)c(Oc3c(C)cc(C)cc3C)n2)c1Cl. The van der Waals surface area contributed by atoms with Crippen LogP contribution in [0.4, 0.5) is 5.82 Å². The van der Waals surface area contributed by atoms with Crippen LogP contribution < -0.4 is 19.9 Å². The molecule has 196 valence electrons. The summed E-state index contributed by atoms with van der Waals surface area (Å²) in [6.07, 6.45) is 1.50. The second kappa shape index (κ2) is 10.6. The first-order valence-corrected chi connectivity index (χ1v) is 13.1. The number of nitrogens with zero attached hydrogens (tertiary/aromatic N) is 3. The van der Waals surface area contributed by atoms with Crippen molar-refractivity contribution in [2.24, 2.45) is 0 Å². The van der Waals surface area contributed by atoms with Crippen molar-refractivity contribution in [2.75, 3.05) is 12.8 Å². The summed E-state index contributed by atoms with van der Waals surface area (Å²) in [7, 11) is -2.90. The molecule has 0 bridgehead atoms. The number of aromatic nitrogens is 3. The molecule has 3 heterocycles. The monoisotopic (exact) mass is 553 g/mol. The van der Waals surface area contributed by atoms with E-state index in [-0.39, 0.29) is 28.2 Å². The van der Waals surface area contributed by atoms with Gasteiger partial charge in [-0.05, 0) is 62.2 Å². The van der Waals surface area contributed by atoms with Crippen LogP contribution in [-0.2, 0) is 10.0 Å². The van der Waals surface area contributed by atoms with Gasteiger partial charge in [-0.3, -0.25) is 4.79 Å². The maximum absolute atomic E-state index is 13.2. The predicted molar refractivity (Wildman–Crippen MR) is 143 cm³/mol. The van der Waals surface area contributed by atoms with Crippen molar-refractivity contribution in [3.63, 3.8) is 0 Å². The van der Waals surface area contributed by atoms with Crippen LogP contribution in [0.3, 0.4) is 0 Å². The number of aryl methyl sites for hydroxylation is 3. The number of anilines is 1. The zero-order valence-electron chi connectivity index (χ0n) is 20.9. The van der Waals surface area contributed by atoms with Gasteiger partial charge >= 0.3 is 0 Å². The molecule has 0 aliphatic rings. The van der Waals surface area contributed by atoms with Crippen molar-refractivity contribution in [3.8, 4) is 28.8 Å². The Labute approximate surface area is 224 Å². The molecule has 0 aliphatic carbocycles. The molecule has 4 rings (SSSR count). The number of nitrogens with two attached hydrogens (primary N) is 1. The zero-order chi connectivity index (χ0) is 27.6. The molecule has 10 nitrogen and oxygen atoms in total. The predicted octanol–water partition coefficient (Wildman–Crippen LogP) is 4.62. The Kier molecular flexibility index (Phi) is 7.51. The zero-order valence-corrected chi connectivity index (χ0v) is 22.5. The van der Waals surface area contributed by atoms with E-state index in [1.165, 1.54) is 43.6 Å². The molecule has 0 saturated heterocycles. The highest BCUT2D eigenvalue weighted by Gasteiger charge is 2.25. The molecule has 1 amide bonds. The third kappa shape index (κ3) is 5.53. The van der Waals surface area contributed by atoms with Crippen molar-refractivity contribution in [2.45, 2.75) is 25.8 Å². The number of rotatable bonds is 7. The Bertz CT molecular complexity index is 1640. The standard InChI is InChI=1S/C26H24ClN5O5S/c1-14-12-15(2)23(16(3)13-14)37-25-18(24(33)32-38(34,35)21-7-5-6-20(28)31-21)8-9-19(30-25)17-10-11-29-26(36-4)22(17)27/h5-13H,1-4H3,(H2,28,31)(H,32,33). The number of hydrogen-bond acceptors (Lipinski definition) is 9. The highest BCUT2D eigenvalue weighted by Crippen LogP contribution is 2.36. The number of halogens is 1. The molecular weight excluding hydrogens is 530 g/mol. The van der Waals surface area contributed by atoms with Crippen molar-refractivity contribution < 1.29 is 22.7 Å². The molecule has 0 aliphatic heterocycles. The van der Waals surface area contributed by atoms with Crippen LogP contribution in [0.15, 0.2) is 59.8 Å². The smallest absolute Gasteiger partial charge is 0.281 e. The lowest BCUT2D eigenvalue weighted by molar-refractivity contribution is 0.0978. The summed E-state index contributed by atoms with van der Waals surface area (Å²) in [5, 5.41) is -0.192. The van der Waals surface area contributed by atoms with E-state index >= 15 is 0 Å². The Morgan fingerprint density at radius 1 is 1.00 bits per heavy atom. The molecule has 1 aromatic carbocycles. The first-order valence-electron chi connectivity index (χ1n) is 11.3. The van der Waals surface area contributed by atoms with Gasteiger partial charge < -0.3 is 15.2 Å². The van der Waals surface area contributed by atoms with Gasteiger partial charge in [0.25, 0.3) is 15.9 Å². The highest BCUT2D eigenvalue weighted by atomic mass is 35.5. The first-order chi connectivity index (χ1) is 18.0. The van der Waals surface area contributed by atoms with Gasteiger partial charge in [0.2, 0.25) is 11.8 Å². The van der Waals surface area contributed by atoms with E-state index in [9.17, 15) is 13.2 Å². The third-order valence-corrected chi connectivity index (χ3v) is 7.08. The fourth-order valence-corrected chi connectivity index (χ4v) is 5.07. The van der Waals surface area contributed by atoms with Crippen molar-refractivity contribution in [3.05, 3.63) is 82.0 Å². The number of sulfonamides is 1. The average molecular weight is 554 g/mol. The van der Waals surface area contributed by atoms with E-state index in [4.69, 9.17) is 26.8 Å². The molecule has 0 atom stereocenters. The van der Waals surface area contributed by atoms with E-state index in [2.05, 4.69) is 15.0 Å². The second-order valence-corrected chi connectivity index (χ2v) is 10.4. The van der Waals surface area contributed by atoms with Gasteiger partial charge in [-0.2, -0.15) is 8.42 Å². The van der Waals surface area contributed by atoms with Crippen LogP contribution in [0.2, 0.25) is 5.02 Å². The van der Waals surface area contributed by atoms with Crippen molar-refractivity contribution in [1.82, 2.24) is 19.7 Å². The largest absolute Gasteiger partial charge is 0.480 e. The number of nitrogens with one attached hydrogen (secondary N) is 1. The minimum atomic E-state index is -4.34. The van der Waals surface area contributed by atoms with Gasteiger partial charge in [-0.15, -0.1) is 0 Å². The van der Waals surface area contributed by atoms with E-state index < -0.39 is 21.0 Å². The van der Waals surface area contributed by atoms with Gasteiger partial charge in [0, 0.05) is 11.8 Å². The number of carbonyl (C=O) groups is 1. The van der Waals surface area contributed by atoms with Crippen molar-refractivity contribution >= 4 is 33.3 Å². The number of nitrogen functional groups attached to an aromatic ring is 1. The van der Waals surface area contributed by atoms with Crippen LogP contribution >= 0.6 is 11.6 Å². The molecule has 0 fully saturated rings. The summed E-state index contributed by atoms with van der Waals surface area (Å²) in [5.74, 6) is -0.429. The quantitative estimate of drug-likeness (QED) is 0.334. The molecule has 3 N–H and O–H groups in total. The lowest BCUT2D eigenvalue weighted by Crippen LogP contribution is -2.31. The number of pyridine rings is 3. The molecule has 0 spiro atoms. The van der Waals surface area contributed by atoms with Crippen molar-refractivity contribution in [1.29, 1.82) is 0 Å². The van der Waals surface area contributed by atoms with E-state index in [0.717, 1.165) is 16.7 Å². The van der Waals surface area contributed by atoms with Gasteiger partial charge in [-0.25, -0.2) is 19.7 Å². The Balaban J connectivity index is 1.81. The van der Waals surface area contributed by atoms with E-state index in [1.54, 1.807) is 6.07 Å². The molecule has 4 aromatic rings. The highest BCUT2D eigenvalue weighted by molar-refractivity contribution is 7.90.